The van der Waals surface area contributed by atoms with Gasteiger partial charge >= 0.3 is 0 Å². The van der Waals surface area contributed by atoms with Crippen LogP contribution in [0.4, 0.5) is 0 Å². The summed E-state index contributed by atoms with van der Waals surface area (Å²) < 4.78 is 0. The second kappa shape index (κ2) is 4.69. The maximum atomic E-state index is 3.10. The second-order valence-corrected chi connectivity index (χ2v) is 2.16. The van der Waals surface area contributed by atoms with Crippen LogP contribution >= 0.6 is 0 Å². The molecule has 0 radical (unpaired) electrons. The third kappa shape index (κ3) is 5.54. The largest absolute Gasteiger partial charge is 0.391 e. The molecule has 0 rings (SSSR count). The Bertz CT molecular complexity index is 64.8. The van der Waals surface area contributed by atoms with Crippen molar-refractivity contribution in [2.24, 2.45) is 5.92 Å². The number of hydrogen-bond acceptors (Lipinski definition) is 1. The molecule has 1 heteroatoms. The first-order valence-electron chi connectivity index (χ1n) is 3.17. The van der Waals surface area contributed by atoms with Crippen LogP contribution in [0.15, 0.2) is 12.3 Å². The lowest BCUT2D eigenvalue weighted by Gasteiger charge is -1.93. The molecule has 0 aromatic carbocycles. The maximum absolute atomic E-state index is 3.10. The molecule has 0 heterocycles. The van der Waals surface area contributed by atoms with Crippen molar-refractivity contribution in [3.8, 4) is 0 Å². The first-order valence-corrected chi connectivity index (χ1v) is 3.17. The van der Waals surface area contributed by atoms with E-state index in [1.165, 1.54) is 0 Å². The van der Waals surface area contributed by atoms with Crippen LogP contribution < -0.4 is 5.32 Å². The second-order valence-electron chi connectivity index (χ2n) is 2.16. The highest BCUT2D eigenvalue weighted by molar-refractivity contribution is 4.81. The van der Waals surface area contributed by atoms with E-state index in [9.17, 15) is 0 Å². The molecule has 0 aliphatic heterocycles. The van der Waals surface area contributed by atoms with Crippen LogP contribution in [0.5, 0.6) is 0 Å². The van der Waals surface area contributed by atoms with Crippen molar-refractivity contribution in [3.63, 3.8) is 0 Å². The number of allylic oxidation sites excluding steroid dienone is 1. The SMILES string of the molecule is CCNC=CC(C)C. The van der Waals surface area contributed by atoms with Gasteiger partial charge in [0.15, 0.2) is 0 Å². The van der Waals surface area contributed by atoms with Gasteiger partial charge in [-0.2, -0.15) is 0 Å². The minimum absolute atomic E-state index is 0.661. The van der Waals surface area contributed by atoms with Crippen molar-refractivity contribution in [2.75, 3.05) is 6.54 Å². The van der Waals surface area contributed by atoms with Crippen LogP contribution in [0.2, 0.25) is 0 Å². The predicted molar refractivity (Wildman–Crippen MR) is 37.7 cm³/mol. The molecule has 0 fully saturated rings. The monoisotopic (exact) mass is 113 g/mol. The Hall–Kier alpha value is -0.460. The van der Waals surface area contributed by atoms with Gasteiger partial charge in [0, 0.05) is 6.54 Å². The molecule has 0 saturated heterocycles. The van der Waals surface area contributed by atoms with Crippen LogP contribution in [0, 0.1) is 5.92 Å². The first-order chi connectivity index (χ1) is 3.77. The zero-order valence-corrected chi connectivity index (χ0v) is 5.94. The van der Waals surface area contributed by atoms with Crippen LogP contribution in [0.3, 0.4) is 0 Å². The Labute approximate surface area is 51.8 Å². The van der Waals surface area contributed by atoms with Gasteiger partial charge in [0.1, 0.15) is 0 Å². The van der Waals surface area contributed by atoms with E-state index in [2.05, 4.69) is 32.2 Å². The fourth-order valence-corrected chi connectivity index (χ4v) is 0.378. The van der Waals surface area contributed by atoms with Crippen LogP contribution in [-0.4, -0.2) is 6.54 Å². The maximum Gasteiger partial charge on any atom is 0.0112 e. The quantitative estimate of drug-likeness (QED) is 0.588. The fraction of sp³-hybridized carbons (Fsp3) is 0.714. The Balaban J connectivity index is 3.07. The molecule has 0 amide bonds. The highest BCUT2D eigenvalue weighted by atomic mass is 14.8. The lowest BCUT2D eigenvalue weighted by atomic mass is 10.2. The van der Waals surface area contributed by atoms with Crippen LogP contribution in [0.1, 0.15) is 20.8 Å². The molecule has 8 heavy (non-hydrogen) atoms. The molecule has 1 nitrogen and oxygen atoms in total. The molecule has 0 atom stereocenters. The molecule has 0 aliphatic carbocycles. The Kier molecular flexibility index (Phi) is 4.42. The van der Waals surface area contributed by atoms with Gasteiger partial charge in [0.2, 0.25) is 0 Å². The molecular formula is C7H15N. The van der Waals surface area contributed by atoms with E-state index in [1.54, 1.807) is 0 Å². The average Bonchev–Trinajstić information content (AvgIpc) is 1.66. The lowest BCUT2D eigenvalue weighted by molar-refractivity contribution is 0.810. The molecule has 0 spiro atoms. The van der Waals surface area contributed by atoms with Crippen molar-refractivity contribution < 1.29 is 0 Å². The van der Waals surface area contributed by atoms with Crippen molar-refractivity contribution >= 4 is 0 Å². The highest BCUT2D eigenvalue weighted by Crippen LogP contribution is 1.90. The van der Waals surface area contributed by atoms with Gasteiger partial charge in [-0.05, 0) is 19.0 Å². The Morgan fingerprint density at radius 1 is 1.50 bits per heavy atom. The first kappa shape index (κ1) is 7.54. The summed E-state index contributed by atoms with van der Waals surface area (Å²) in [5.41, 5.74) is 0. The third-order valence-corrected chi connectivity index (χ3v) is 0.803. The van der Waals surface area contributed by atoms with Gasteiger partial charge in [-0.3, -0.25) is 0 Å². The molecular weight excluding hydrogens is 98.1 g/mol. The summed E-state index contributed by atoms with van der Waals surface area (Å²) in [7, 11) is 0. The molecule has 0 aliphatic rings. The van der Waals surface area contributed by atoms with Gasteiger partial charge in [-0.1, -0.05) is 19.9 Å². The smallest absolute Gasteiger partial charge is 0.0112 e. The fourth-order valence-electron chi connectivity index (χ4n) is 0.378. The number of nitrogens with one attached hydrogen (secondary N) is 1. The molecule has 48 valence electrons. The van der Waals surface area contributed by atoms with Gasteiger partial charge in [-0.25, -0.2) is 0 Å². The summed E-state index contributed by atoms with van der Waals surface area (Å²) in [6.07, 6.45) is 4.15. The van der Waals surface area contributed by atoms with Crippen LogP contribution in [0.25, 0.3) is 0 Å². The summed E-state index contributed by atoms with van der Waals surface area (Å²) in [6, 6.07) is 0. The molecule has 0 unspecified atom stereocenters. The van der Waals surface area contributed by atoms with Crippen molar-refractivity contribution in [1.29, 1.82) is 0 Å². The Morgan fingerprint density at radius 3 is 2.50 bits per heavy atom. The highest BCUT2D eigenvalue weighted by Gasteiger charge is 1.79. The van der Waals surface area contributed by atoms with Gasteiger partial charge in [0.05, 0.1) is 0 Å². The molecule has 0 bridgehead atoms. The van der Waals surface area contributed by atoms with E-state index in [0.717, 1.165) is 6.54 Å². The molecule has 0 aromatic heterocycles. The topological polar surface area (TPSA) is 12.0 Å². The molecule has 0 saturated carbocycles. The summed E-state index contributed by atoms with van der Waals surface area (Å²) in [5, 5.41) is 3.10. The van der Waals surface area contributed by atoms with E-state index in [1.807, 2.05) is 6.20 Å². The zero-order valence-electron chi connectivity index (χ0n) is 5.94. The van der Waals surface area contributed by atoms with E-state index >= 15 is 0 Å². The van der Waals surface area contributed by atoms with Gasteiger partial charge in [0.25, 0.3) is 0 Å². The lowest BCUT2D eigenvalue weighted by Crippen LogP contribution is -2.01. The summed E-state index contributed by atoms with van der Waals surface area (Å²) in [5.74, 6) is 0.661. The zero-order chi connectivity index (χ0) is 6.41. The summed E-state index contributed by atoms with van der Waals surface area (Å²) >= 11 is 0. The summed E-state index contributed by atoms with van der Waals surface area (Å²) in [4.78, 5) is 0. The standard InChI is InChI=1S/C7H15N/c1-4-8-6-5-7(2)3/h5-8H,4H2,1-3H3. The van der Waals surface area contributed by atoms with E-state index in [0.29, 0.717) is 5.92 Å². The number of hydrogen-bond donors (Lipinski definition) is 1. The third-order valence-electron chi connectivity index (χ3n) is 0.803. The normalized spacial score (nSPS) is 11.0. The molecule has 1 N–H and O–H groups in total. The van der Waals surface area contributed by atoms with Crippen molar-refractivity contribution in [3.05, 3.63) is 12.3 Å². The average molecular weight is 113 g/mol. The van der Waals surface area contributed by atoms with Crippen molar-refractivity contribution in [2.45, 2.75) is 20.8 Å². The van der Waals surface area contributed by atoms with Gasteiger partial charge in [-0.15, -0.1) is 0 Å². The Morgan fingerprint density at radius 2 is 2.12 bits per heavy atom. The van der Waals surface area contributed by atoms with E-state index in [-0.39, 0.29) is 0 Å². The van der Waals surface area contributed by atoms with E-state index in [4.69, 9.17) is 0 Å². The van der Waals surface area contributed by atoms with Gasteiger partial charge < -0.3 is 5.32 Å². The summed E-state index contributed by atoms with van der Waals surface area (Å²) in [6.45, 7) is 7.43. The van der Waals surface area contributed by atoms with Crippen molar-refractivity contribution in [1.82, 2.24) is 5.32 Å². The minimum atomic E-state index is 0.661. The van der Waals surface area contributed by atoms with E-state index < -0.39 is 0 Å². The predicted octanol–water partition coefficient (Wildman–Crippen LogP) is 1.77. The van der Waals surface area contributed by atoms with Crippen LogP contribution in [-0.2, 0) is 0 Å². The molecule has 0 aromatic rings. The minimum Gasteiger partial charge on any atom is -0.391 e. The number of rotatable bonds is 3.